The number of aliphatic hydroxyl groups excluding tert-OH is 1. The quantitative estimate of drug-likeness (QED) is 0.879. The zero-order chi connectivity index (χ0) is 17.9. The zero-order valence-corrected chi connectivity index (χ0v) is 14.7. The number of rotatable bonds is 4. The first-order valence-electron chi connectivity index (χ1n) is 9.14. The van der Waals surface area contributed by atoms with Crippen LogP contribution in [-0.4, -0.2) is 47.8 Å². The van der Waals surface area contributed by atoms with Crippen LogP contribution >= 0.6 is 0 Å². The van der Waals surface area contributed by atoms with Crippen molar-refractivity contribution in [2.45, 2.75) is 31.2 Å². The molecule has 5 nitrogen and oxygen atoms in total. The van der Waals surface area contributed by atoms with E-state index in [2.05, 4.69) is 22.3 Å². The molecule has 0 aromatic heterocycles. The molecule has 1 amide bonds. The third kappa shape index (κ3) is 3.51. The fraction of sp³-hybridized carbons (Fsp3) is 0.381. The molecule has 4 rings (SSSR count). The summed E-state index contributed by atoms with van der Waals surface area (Å²) in [4.78, 5) is 15.1. The maximum Gasteiger partial charge on any atom is 0.240 e. The molecule has 136 valence electrons. The Kier molecular flexibility index (Phi) is 5.02. The normalized spacial score (nSPS) is 25.7. The van der Waals surface area contributed by atoms with Crippen LogP contribution in [0.15, 0.2) is 54.6 Å². The molecule has 1 saturated heterocycles. The molecule has 0 unspecified atom stereocenters. The van der Waals surface area contributed by atoms with Crippen LogP contribution < -0.4 is 5.32 Å². The van der Waals surface area contributed by atoms with E-state index < -0.39 is 6.10 Å². The Bertz CT molecular complexity index is 765. The molecule has 1 heterocycles. The molecule has 2 N–H and O–H groups in total. The molecule has 1 fully saturated rings. The molecular weight excluding hydrogens is 328 g/mol. The van der Waals surface area contributed by atoms with Crippen LogP contribution in [0.5, 0.6) is 0 Å². The average molecular weight is 352 g/mol. The lowest BCUT2D eigenvalue weighted by atomic mass is 10.1. The predicted molar refractivity (Wildman–Crippen MR) is 98.5 cm³/mol. The van der Waals surface area contributed by atoms with Crippen molar-refractivity contribution in [3.8, 4) is 0 Å². The minimum Gasteiger partial charge on any atom is -0.390 e. The van der Waals surface area contributed by atoms with Crippen molar-refractivity contribution in [2.24, 2.45) is 0 Å². The Labute approximate surface area is 153 Å². The third-order valence-corrected chi connectivity index (χ3v) is 5.27. The molecular formula is C21H24N2O3. The Balaban J connectivity index is 1.47. The van der Waals surface area contributed by atoms with E-state index in [1.807, 2.05) is 42.5 Å². The van der Waals surface area contributed by atoms with Gasteiger partial charge in [0.05, 0.1) is 25.4 Å². The van der Waals surface area contributed by atoms with E-state index in [-0.39, 0.29) is 18.0 Å². The number of aliphatic hydroxyl groups is 1. The minimum atomic E-state index is -0.580. The molecule has 5 heteroatoms. The van der Waals surface area contributed by atoms with Crippen LogP contribution in [0.25, 0.3) is 0 Å². The van der Waals surface area contributed by atoms with Gasteiger partial charge < -0.3 is 15.2 Å². The summed E-state index contributed by atoms with van der Waals surface area (Å²) in [6.07, 6.45) is -0.000774. The average Bonchev–Trinajstić information content (AvgIpc) is 2.98. The van der Waals surface area contributed by atoms with Gasteiger partial charge in [0.15, 0.2) is 0 Å². The number of morpholine rings is 1. The molecule has 3 atom stereocenters. The Hall–Kier alpha value is -2.21. The fourth-order valence-electron chi connectivity index (χ4n) is 3.88. The van der Waals surface area contributed by atoms with Gasteiger partial charge in [-0.1, -0.05) is 54.6 Å². The van der Waals surface area contributed by atoms with E-state index in [9.17, 15) is 9.90 Å². The number of fused-ring (bicyclic) bond motifs is 1. The van der Waals surface area contributed by atoms with Crippen molar-refractivity contribution < 1.29 is 14.6 Å². The summed E-state index contributed by atoms with van der Waals surface area (Å²) in [6, 6.07) is 17.4. The summed E-state index contributed by atoms with van der Waals surface area (Å²) in [7, 11) is 0. The van der Waals surface area contributed by atoms with E-state index in [0.717, 1.165) is 17.7 Å². The summed E-state index contributed by atoms with van der Waals surface area (Å²) in [5, 5.41) is 13.5. The monoisotopic (exact) mass is 352 g/mol. The lowest BCUT2D eigenvalue weighted by molar-refractivity contribution is -0.134. The van der Waals surface area contributed by atoms with Crippen LogP contribution in [-0.2, 0) is 22.5 Å². The molecule has 0 saturated carbocycles. The highest BCUT2D eigenvalue weighted by Crippen LogP contribution is 2.31. The number of amides is 1. The van der Waals surface area contributed by atoms with Gasteiger partial charge in [0.25, 0.3) is 0 Å². The van der Waals surface area contributed by atoms with Gasteiger partial charge in [-0.25, -0.2) is 0 Å². The molecule has 1 aliphatic heterocycles. The lowest BCUT2D eigenvalue weighted by Crippen LogP contribution is -2.54. The van der Waals surface area contributed by atoms with Crippen LogP contribution in [0.3, 0.4) is 0 Å². The second kappa shape index (κ2) is 7.58. The molecule has 0 radical (unpaired) electrons. The lowest BCUT2D eigenvalue weighted by Gasteiger charge is -2.35. The standard InChI is InChI=1S/C21H24N2O3/c24-19-12-16-8-4-5-9-17(16)20(19)22-21(25)18-14-26-11-10-23(18)13-15-6-2-1-3-7-15/h1-9,18-20,24H,10-14H2,(H,22,25)/t18-,19-,20+/m1/s1. The predicted octanol–water partition coefficient (Wildman–Crippen LogP) is 1.66. The number of carbonyl (C=O) groups excluding carboxylic acids is 1. The number of carbonyl (C=O) groups is 1. The van der Waals surface area contributed by atoms with E-state index in [4.69, 9.17) is 4.74 Å². The minimum absolute atomic E-state index is 0.0821. The summed E-state index contributed by atoms with van der Waals surface area (Å²) < 4.78 is 5.57. The first-order chi connectivity index (χ1) is 12.7. The largest absolute Gasteiger partial charge is 0.390 e. The van der Waals surface area contributed by atoms with Gasteiger partial charge >= 0.3 is 0 Å². The number of nitrogens with one attached hydrogen (secondary N) is 1. The molecule has 26 heavy (non-hydrogen) atoms. The van der Waals surface area contributed by atoms with Crippen molar-refractivity contribution in [3.63, 3.8) is 0 Å². The van der Waals surface area contributed by atoms with Crippen LogP contribution in [0.1, 0.15) is 22.7 Å². The first kappa shape index (κ1) is 17.2. The van der Waals surface area contributed by atoms with Crippen LogP contribution in [0.2, 0.25) is 0 Å². The number of nitrogens with zero attached hydrogens (tertiary/aromatic N) is 1. The van der Waals surface area contributed by atoms with Gasteiger partial charge in [0.1, 0.15) is 6.04 Å². The molecule has 0 bridgehead atoms. The van der Waals surface area contributed by atoms with Crippen LogP contribution in [0, 0.1) is 0 Å². The summed E-state index contributed by atoms with van der Waals surface area (Å²) in [5.41, 5.74) is 3.30. The van der Waals surface area contributed by atoms with Crippen molar-refractivity contribution >= 4 is 5.91 Å². The van der Waals surface area contributed by atoms with Gasteiger partial charge in [-0.2, -0.15) is 0 Å². The second-order valence-electron chi connectivity index (χ2n) is 7.00. The maximum absolute atomic E-state index is 13.0. The highest BCUT2D eigenvalue weighted by Gasteiger charge is 2.36. The highest BCUT2D eigenvalue weighted by atomic mass is 16.5. The Morgan fingerprint density at radius 3 is 2.77 bits per heavy atom. The SMILES string of the molecule is O=C(N[C@H]1c2ccccc2C[C@H]1O)[C@H]1COCCN1Cc1ccccc1. The third-order valence-electron chi connectivity index (χ3n) is 5.27. The summed E-state index contributed by atoms with van der Waals surface area (Å²) >= 11 is 0. The smallest absolute Gasteiger partial charge is 0.240 e. The van der Waals surface area contributed by atoms with Crippen molar-refractivity contribution in [1.82, 2.24) is 10.2 Å². The van der Waals surface area contributed by atoms with Crippen molar-refractivity contribution in [3.05, 3.63) is 71.3 Å². The van der Waals surface area contributed by atoms with Crippen molar-refractivity contribution in [2.75, 3.05) is 19.8 Å². The van der Waals surface area contributed by atoms with Crippen LogP contribution in [0.4, 0.5) is 0 Å². The molecule has 2 aromatic rings. The molecule has 2 aromatic carbocycles. The van der Waals surface area contributed by atoms with Gasteiger partial charge in [0, 0.05) is 19.5 Å². The van der Waals surface area contributed by atoms with E-state index in [0.29, 0.717) is 26.2 Å². The van der Waals surface area contributed by atoms with Gasteiger partial charge in [-0.3, -0.25) is 9.69 Å². The number of hydrogen-bond donors (Lipinski definition) is 2. The van der Waals surface area contributed by atoms with Gasteiger partial charge in [-0.05, 0) is 16.7 Å². The Morgan fingerprint density at radius 2 is 1.92 bits per heavy atom. The molecule has 1 aliphatic carbocycles. The zero-order valence-electron chi connectivity index (χ0n) is 14.7. The first-order valence-corrected chi connectivity index (χ1v) is 9.14. The molecule has 2 aliphatic rings. The topological polar surface area (TPSA) is 61.8 Å². The molecule has 0 spiro atoms. The van der Waals surface area contributed by atoms with Gasteiger partial charge in [0.2, 0.25) is 5.91 Å². The fourth-order valence-corrected chi connectivity index (χ4v) is 3.88. The maximum atomic E-state index is 13.0. The number of benzene rings is 2. The van der Waals surface area contributed by atoms with E-state index >= 15 is 0 Å². The Morgan fingerprint density at radius 1 is 1.15 bits per heavy atom. The number of ether oxygens (including phenoxy) is 1. The van der Waals surface area contributed by atoms with Crippen molar-refractivity contribution in [1.29, 1.82) is 0 Å². The summed E-state index contributed by atoms with van der Waals surface area (Å²) in [6.45, 7) is 2.44. The van der Waals surface area contributed by atoms with Gasteiger partial charge in [-0.15, -0.1) is 0 Å². The van der Waals surface area contributed by atoms with E-state index in [1.165, 1.54) is 5.56 Å². The second-order valence-corrected chi connectivity index (χ2v) is 7.00. The highest BCUT2D eigenvalue weighted by molar-refractivity contribution is 5.82. The summed E-state index contributed by atoms with van der Waals surface area (Å²) in [5.74, 6) is -0.0821. The van der Waals surface area contributed by atoms with E-state index in [1.54, 1.807) is 0 Å². The number of hydrogen-bond acceptors (Lipinski definition) is 4.